The summed E-state index contributed by atoms with van der Waals surface area (Å²) < 4.78 is 8.03. The number of nitrogens with one attached hydrogen (secondary N) is 2. The summed E-state index contributed by atoms with van der Waals surface area (Å²) >= 11 is 0. The summed E-state index contributed by atoms with van der Waals surface area (Å²) in [6.45, 7) is 3.56. The minimum Gasteiger partial charge on any atom is -0.474 e. The number of aromatic nitrogens is 6. The molecule has 0 bridgehead atoms. The van der Waals surface area contributed by atoms with Crippen molar-refractivity contribution in [3.05, 3.63) is 55.6 Å². The van der Waals surface area contributed by atoms with Gasteiger partial charge in [-0.2, -0.15) is 15.1 Å². The number of rotatable bonds is 7. The van der Waals surface area contributed by atoms with Gasteiger partial charge in [0.2, 0.25) is 17.7 Å². The van der Waals surface area contributed by atoms with Crippen molar-refractivity contribution in [3.63, 3.8) is 0 Å². The van der Waals surface area contributed by atoms with Crippen LogP contribution < -0.4 is 10.1 Å². The van der Waals surface area contributed by atoms with Gasteiger partial charge in [0.15, 0.2) is 0 Å². The Morgan fingerprint density at radius 1 is 1.36 bits per heavy atom. The maximum Gasteiger partial charge on any atom is 0.245 e. The molecule has 2 N–H and O–H groups in total. The van der Waals surface area contributed by atoms with Crippen LogP contribution in [-0.2, 0) is 11.8 Å². The van der Waals surface area contributed by atoms with E-state index in [-0.39, 0.29) is 18.1 Å². The van der Waals surface area contributed by atoms with Gasteiger partial charge in [0, 0.05) is 57.1 Å². The lowest BCUT2D eigenvalue weighted by atomic mass is 9.88. The lowest BCUT2D eigenvalue weighted by Gasteiger charge is -2.40. The molecule has 33 heavy (non-hydrogen) atoms. The number of H-pyrrole nitrogens is 1. The zero-order chi connectivity index (χ0) is 22.9. The number of aromatic amines is 1. The Kier molecular flexibility index (Phi) is 5.25. The van der Waals surface area contributed by atoms with E-state index in [1.807, 2.05) is 37.6 Å². The van der Waals surface area contributed by atoms with E-state index >= 15 is 0 Å². The van der Waals surface area contributed by atoms with Gasteiger partial charge in [0.05, 0.1) is 23.0 Å². The second-order valence-electron chi connectivity index (χ2n) is 8.04. The maximum atomic E-state index is 11.9. The molecule has 168 valence electrons. The van der Waals surface area contributed by atoms with Crippen LogP contribution in [0.15, 0.2) is 55.6 Å². The molecule has 4 aromatic rings. The third-order valence-corrected chi connectivity index (χ3v) is 5.82. The number of fused-ring (bicyclic) bond motifs is 1. The number of amides is 1. The molecule has 4 aromatic heterocycles. The van der Waals surface area contributed by atoms with Crippen molar-refractivity contribution in [2.75, 3.05) is 12.4 Å². The molecule has 0 spiro atoms. The van der Waals surface area contributed by atoms with Gasteiger partial charge < -0.3 is 19.9 Å². The first-order valence-electron chi connectivity index (χ1n) is 10.6. The van der Waals surface area contributed by atoms with Gasteiger partial charge in [-0.1, -0.05) is 12.6 Å². The van der Waals surface area contributed by atoms with Crippen LogP contribution in [0.2, 0.25) is 0 Å². The molecule has 4 heterocycles. The first kappa shape index (κ1) is 20.7. The first-order chi connectivity index (χ1) is 16.0. The molecule has 1 fully saturated rings. The quantitative estimate of drug-likeness (QED) is 0.421. The molecule has 5 rings (SSSR count). The van der Waals surface area contributed by atoms with Crippen LogP contribution in [0.3, 0.4) is 0 Å². The minimum atomic E-state index is -0.0890. The number of carbonyl (C=O) groups excluding carboxylic acids is 1. The van der Waals surface area contributed by atoms with Crippen LogP contribution >= 0.6 is 0 Å². The fourth-order valence-corrected chi connectivity index (χ4v) is 3.91. The van der Waals surface area contributed by atoms with Crippen molar-refractivity contribution in [1.82, 2.24) is 34.6 Å². The number of pyridine rings is 1. The predicted molar refractivity (Wildman–Crippen MR) is 124 cm³/mol. The van der Waals surface area contributed by atoms with Crippen molar-refractivity contribution < 1.29 is 9.53 Å². The molecule has 1 aliphatic rings. The number of ether oxygens (including phenoxy) is 1. The summed E-state index contributed by atoms with van der Waals surface area (Å²) in [4.78, 5) is 30.6. The Morgan fingerprint density at radius 3 is 2.91 bits per heavy atom. The third kappa shape index (κ3) is 4.02. The topological polar surface area (TPSA) is 114 Å². The van der Waals surface area contributed by atoms with E-state index in [2.05, 4.69) is 36.9 Å². The standard InChI is InChI=1S/C23H24N8O2/c1-4-19(32)31(3)15-9-16(10-15)33-22-20-17(18-7-5-6-8-24-18)12-25-21(20)28-23(29-22)27-14-11-26-30(2)13-14/h4-8,11-13,15-16H,1,9-10H2,2-3H3,(H2,25,27,28,29)/t15-,16-. The Morgan fingerprint density at radius 2 is 2.21 bits per heavy atom. The molecular formula is C23H24N8O2. The molecule has 0 saturated heterocycles. The van der Waals surface area contributed by atoms with Gasteiger partial charge in [-0.15, -0.1) is 0 Å². The van der Waals surface area contributed by atoms with Crippen LogP contribution in [0.4, 0.5) is 11.6 Å². The van der Waals surface area contributed by atoms with E-state index in [1.54, 1.807) is 29.0 Å². The van der Waals surface area contributed by atoms with E-state index in [1.165, 1.54) is 6.08 Å². The summed E-state index contributed by atoms with van der Waals surface area (Å²) in [5.74, 6) is 0.776. The Hall–Kier alpha value is -4.21. The zero-order valence-corrected chi connectivity index (χ0v) is 18.4. The molecule has 0 aromatic carbocycles. The second kappa shape index (κ2) is 8.38. The molecule has 10 heteroatoms. The fraction of sp³-hybridized carbons (Fsp3) is 0.261. The van der Waals surface area contributed by atoms with Crippen LogP contribution in [0, 0.1) is 0 Å². The SMILES string of the molecule is C=CC(=O)N(C)[C@H]1C[C@H](Oc2nc(Nc3cnn(C)c3)nc3[nH]cc(-c4ccccn4)c23)C1. The lowest BCUT2D eigenvalue weighted by molar-refractivity contribution is -0.130. The van der Waals surface area contributed by atoms with E-state index in [9.17, 15) is 4.79 Å². The Bertz CT molecular complexity index is 1310. The highest BCUT2D eigenvalue weighted by atomic mass is 16.5. The first-order valence-corrected chi connectivity index (χ1v) is 10.6. The van der Waals surface area contributed by atoms with Crippen molar-refractivity contribution >= 4 is 28.6 Å². The van der Waals surface area contributed by atoms with E-state index < -0.39 is 0 Å². The Labute approximate surface area is 190 Å². The number of hydrogen-bond acceptors (Lipinski definition) is 7. The van der Waals surface area contributed by atoms with Crippen molar-refractivity contribution in [1.29, 1.82) is 0 Å². The van der Waals surface area contributed by atoms with Crippen LogP contribution in [0.1, 0.15) is 12.8 Å². The van der Waals surface area contributed by atoms with Gasteiger partial charge in [-0.25, -0.2) is 0 Å². The average Bonchev–Trinajstić information content (AvgIpc) is 3.41. The van der Waals surface area contributed by atoms with E-state index in [0.29, 0.717) is 17.5 Å². The normalized spacial score (nSPS) is 17.4. The third-order valence-electron chi connectivity index (χ3n) is 5.82. The maximum absolute atomic E-state index is 11.9. The van der Waals surface area contributed by atoms with E-state index in [0.717, 1.165) is 35.2 Å². The molecule has 0 atom stereocenters. The lowest BCUT2D eigenvalue weighted by Crippen LogP contribution is -2.49. The molecular weight excluding hydrogens is 420 g/mol. The smallest absolute Gasteiger partial charge is 0.245 e. The number of likely N-dealkylation sites (N-methyl/N-ethyl adjacent to an activating group) is 1. The Balaban J connectivity index is 1.47. The number of anilines is 2. The van der Waals surface area contributed by atoms with Gasteiger partial charge in [-0.3, -0.25) is 14.5 Å². The summed E-state index contributed by atoms with van der Waals surface area (Å²) in [7, 11) is 3.63. The predicted octanol–water partition coefficient (Wildman–Crippen LogP) is 3.05. The number of aryl methyl sites for hydroxylation is 1. The van der Waals surface area contributed by atoms with Crippen LogP contribution in [0.25, 0.3) is 22.3 Å². The van der Waals surface area contributed by atoms with Crippen molar-refractivity contribution in [3.8, 4) is 17.1 Å². The molecule has 0 aliphatic heterocycles. The van der Waals surface area contributed by atoms with Gasteiger partial charge >= 0.3 is 0 Å². The zero-order valence-electron chi connectivity index (χ0n) is 18.4. The highest BCUT2D eigenvalue weighted by Crippen LogP contribution is 2.37. The molecule has 10 nitrogen and oxygen atoms in total. The van der Waals surface area contributed by atoms with Gasteiger partial charge in [0.1, 0.15) is 11.8 Å². The summed E-state index contributed by atoms with van der Waals surface area (Å²) in [6, 6.07) is 5.86. The average molecular weight is 444 g/mol. The molecule has 1 amide bonds. The summed E-state index contributed by atoms with van der Waals surface area (Å²) in [5, 5.41) is 8.12. The monoisotopic (exact) mass is 444 g/mol. The summed E-state index contributed by atoms with van der Waals surface area (Å²) in [6.07, 6.45) is 9.85. The minimum absolute atomic E-state index is 0.0640. The highest BCUT2D eigenvalue weighted by Gasteiger charge is 2.36. The fourth-order valence-electron chi connectivity index (χ4n) is 3.91. The molecule has 1 aliphatic carbocycles. The molecule has 0 unspecified atom stereocenters. The van der Waals surface area contributed by atoms with Crippen LogP contribution in [0.5, 0.6) is 5.88 Å². The molecule has 1 saturated carbocycles. The van der Waals surface area contributed by atoms with Crippen molar-refractivity contribution in [2.45, 2.75) is 25.0 Å². The van der Waals surface area contributed by atoms with Crippen molar-refractivity contribution in [2.24, 2.45) is 7.05 Å². The molecule has 0 radical (unpaired) electrons. The van der Waals surface area contributed by atoms with E-state index in [4.69, 9.17) is 4.74 Å². The van der Waals surface area contributed by atoms with Crippen LogP contribution in [-0.4, -0.2) is 59.7 Å². The number of hydrogen-bond donors (Lipinski definition) is 2. The largest absolute Gasteiger partial charge is 0.474 e. The van der Waals surface area contributed by atoms with Gasteiger partial charge in [-0.05, 0) is 18.2 Å². The highest BCUT2D eigenvalue weighted by molar-refractivity contribution is 5.97. The summed E-state index contributed by atoms with van der Waals surface area (Å²) in [5.41, 5.74) is 3.07. The number of nitrogens with zero attached hydrogens (tertiary/aromatic N) is 6. The van der Waals surface area contributed by atoms with Gasteiger partial charge in [0.25, 0.3) is 0 Å². The number of carbonyl (C=O) groups is 1. The second-order valence-corrected chi connectivity index (χ2v) is 8.04.